The molecule has 0 atom stereocenters. The quantitative estimate of drug-likeness (QED) is 0.703. The van der Waals surface area contributed by atoms with E-state index in [-0.39, 0.29) is 24.8 Å². The van der Waals surface area contributed by atoms with Gasteiger partial charge in [0.15, 0.2) is 11.5 Å². The molecule has 0 aromatic heterocycles. The number of amides is 2. The van der Waals surface area contributed by atoms with E-state index in [1.54, 1.807) is 26.5 Å². The molecule has 0 spiro atoms. The van der Waals surface area contributed by atoms with Gasteiger partial charge in [-0.25, -0.2) is 0 Å². The Balaban J connectivity index is 2.01. The second-order valence-electron chi connectivity index (χ2n) is 6.43. The molecule has 0 saturated heterocycles. The van der Waals surface area contributed by atoms with Gasteiger partial charge in [0.05, 0.1) is 20.6 Å². The van der Waals surface area contributed by atoms with Gasteiger partial charge in [-0.3, -0.25) is 9.59 Å². The molecule has 0 unspecified atom stereocenters. The van der Waals surface area contributed by atoms with Crippen LogP contribution in [0.3, 0.4) is 0 Å². The molecule has 2 rings (SSSR count). The summed E-state index contributed by atoms with van der Waals surface area (Å²) in [5.74, 6) is 0.897. The second-order valence-corrected chi connectivity index (χ2v) is 6.43. The van der Waals surface area contributed by atoms with Crippen LogP contribution < -0.4 is 14.8 Å². The normalized spacial score (nSPS) is 13.4. The molecule has 26 heavy (non-hydrogen) atoms. The zero-order valence-electron chi connectivity index (χ0n) is 15.9. The van der Waals surface area contributed by atoms with Crippen LogP contribution in [0, 0.1) is 0 Å². The highest BCUT2D eigenvalue weighted by Crippen LogP contribution is 2.32. The summed E-state index contributed by atoms with van der Waals surface area (Å²) in [6.45, 7) is 1.51. The summed E-state index contributed by atoms with van der Waals surface area (Å²) in [4.78, 5) is 28.1. The van der Waals surface area contributed by atoms with E-state index >= 15 is 0 Å². The van der Waals surface area contributed by atoms with Crippen molar-refractivity contribution in [2.24, 2.45) is 0 Å². The van der Waals surface area contributed by atoms with E-state index in [1.165, 1.54) is 4.90 Å². The number of rotatable bonds is 8. The highest BCUT2D eigenvalue weighted by atomic mass is 16.5. The van der Waals surface area contributed by atoms with Crippen LogP contribution in [0.4, 0.5) is 0 Å². The standard InChI is InChI=1S/C19H27N3O4/c1-21(2)8-5-7-20-18(23)13-22-9-6-14-10-16(25-3)17(26-4)11-15(14)12-19(22)24/h6,9-11H,5,7-8,12-13H2,1-4H3,(H,20,23). The maximum absolute atomic E-state index is 12.5. The van der Waals surface area contributed by atoms with E-state index in [0.29, 0.717) is 18.0 Å². The summed E-state index contributed by atoms with van der Waals surface area (Å²) < 4.78 is 10.6. The molecule has 1 aliphatic heterocycles. The molecular weight excluding hydrogens is 334 g/mol. The van der Waals surface area contributed by atoms with Crippen molar-refractivity contribution in [2.75, 3.05) is 47.9 Å². The van der Waals surface area contributed by atoms with Gasteiger partial charge in [0.1, 0.15) is 6.54 Å². The number of carbonyl (C=O) groups is 2. The first-order valence-corrected chi connectivity index (χ1v) is 8.58. The lowest BCUT2D eigenvalue weighted by Gasteiger charge is -2.17. The van der Waals surface area contributed by atoms with Crippen LogP contribution in [0.2, 0.25) is 0 Å². The van der Waals surface area contributed by atoms with Gasteiger partial charge >= 0.3 is 0 Å². The van der Waals surface area contributed by atoms with Gasteiger partial charge in [-0.15, -0.1) is 0 Å². The molecule has 0 fully saturated rings. The summed E-state index contributed by atoms with van der Waals surface area (Å²) >= 11 is 0. The Morgan fingerprint density at radius 1 is 1.23 bits per heavy atom. The Morgan fingerprint density at radius 3 is 2.58 bits per heavy atom. The van der Waals surface area contributed by atoms with Crippen molar-refractivity contribution in [1.82, 2.24) is 15.1 Å². The number of methoxy groups -OCH3 is 2. The molecular formula is C19H27N3O4. The number of hydrogen-bond acceptors (Lipinski definition) is 5. The van der Waals surface area contributed by atoms with Crippen molar-refractivity contribution in [3.8, 4) is 11.5 Å². The van der Waals surface area contributed by atoms with Crippen LogP contribution in [0.25, 0.3) is 6.08 Å². The number of ether oxygens (including phenoxy) is 2. The topological polar surface area (TPSA) is 71.1 Å². The largest absolute Gasteiger partial charge is 0.493 e. The molecule has 7 heteroatoms. The predicted molar refractivity (Wildman–Crippen MR) is 100 cm³/mol. The molecule has 0 aliphatic carbocycles. The van der Waals surface area contributed by atoms with Gasteiger partial charge in [0.2, 0.25) is 11.8 Å². The van der Waals surface area contributed by atoms with Crippen LogP contribution in [0.5, 0.6) is 11.5 Å². The van der Waals surface area contributed by atoms with Gasteiger partial charge in [-0.2, -0.15) is 0 Å². The monoisotopic (exact) mass is 361 g/mol. The first kappa shape index (κ1) is 19.8. The molecule has 7 nitrogen and oxygen atoms in total. The van der Waals surface area contributed by atoms with Crippen molar-refractivity contribution in [3.05, 3.63) is 29.5 Å². The maximum Gasteiger partial charge on any atom is 0.240 e. The third kappa shape index (κ3) is 5.23. The lowest BCUT2D eigenvalue weighted by molar-refractivity contribution is -0.132. The van der Waals surface area contributed by atoms with E-state index in [1.807, 2.05) is 26.2 Å². The van der Waals surface area contributed by atoms with E-state index in [9.17, 15) is 9.59 Å². The third-order valence-corrected chi connectivity index (χ3v) is 4.16. The Morgan fingerprint density at radius 2 is 1.92 bits per heavy atom. The number of nitrogens with one attached hydrogen (secondary N) is 1. The summed E-state index contributed by atoms with van der Waals surface area (Å²) in [7, 11) is 7.11. The minimum atomic E-state index is -0.164. The smallest absolute Gasteiger partial charge is 0.240 e. The summed E-state index contributed by atoms with van der Waals surface area (Å²) in [6, 6.07) is 3.64. The van der Waals surface area contributed by atoms with Crippen molar-refractivity contribution in [3.63, 3.8) is 0 Å². The Kier molecular flexibility index (Phi) is 7.03. The molecule has 1 heterocycles. The number of carbonyl (C=O) groups excluding carboxylic acids is 2. The van der Waals surface area contributed by atoms with Crippen LogP contribution in [0.1, 0.15) is 17.5 Å². The molecule has 1 aromatic carbocycles. The van der Waals surface area contributed by atoms with E-state index in [0.717, 1.165) is 24.1 Å². The van der Waals surface area contributed by atoms with Gasteiger partial charge in [-0.05, 0) is 56.4 Å². The minimum Gasteiger partial charge on any atom is -0.493 e. The Labute approximate surface area is 154 Å². The highest BCUT2D eigenvalue weighted by molar-refractivity contribution is 5.89. The van der Waals surface area contributed by atoms with E-state index in [4.69, 9.17) is 9.47 Å². The van der Waals surface area contributed by atoms with Crippen LogP contribution in [-0.4, -0.2) is 69.6 Å². The van der Waals surface area contributed by atoms with Crippen molar-refractivity contribution in [2.45, 2.75) is 12.8 Å². The SMILES string of the molecule is COc1cc2c(cc1OC)CC(=O)N(CC(=O)NCCCN(C)C)C=C2. The van der Waals surface area contributed by atoms with Gasteiger partial charge in [-0.1, -0.05) is 0 Å². The van der Waals surface area contributed by atoms with Crippen molar-refractivity contribution in [1.29, 1.82) is 0 Å². The lowest BCUT2D eigenvalue weighted by Crippen LogP contribution is -2.38. The number of hydrogen-bond donors (Lipinski definition) is 1. The fourth-order valence-corrected chi connectivity index (χ4v) is 2.74. The lowest BCUT2D eigenvalue weighted by atomic mass is 10.0. The highest BCUT2D eigenvalue weighted by Gasteiger charge is 2.21. The number of benzene rings is 1. The molecule has 0 radical (unpaired) electrons. The third-order valence-electron chi connectivity index (χ3n) is 4.16. The molecule has 0 saturated carbocycles. The molecule has 142 valence electrons. The van der Waals surface area contributed by atoms with E-state index in [2.05, 4.69) is 10.2 Å². The van der Waals surface area contributed by atoms with Gasteiger partial charge in [0.25, 0.3) is 0 Å². The molecule has 0 bridgehead atoms. The summed E-state index contributed by atoms with van der Waals surface area (Å²) in [5.41, 5.74) is 1.72. The first-order chi connectivity index (χ1) is 12.4. The second kappa shape index (κ2) is 9.24. The zero-order valence-corrected chi connectivity index (χ0v) is 15.9. The van der Waals surface area contributed by atoms with E-state index < -0.39 is 0 Å². The van der Waals surface area contributed by atoms with Crippen molar-refractivity contribution >= 4 is 17.9 Å². The molecule has 1 aromatic rings. The fraction of sp³-hybridized carbons (Fsp3) is 0.474. The van der Waals surface area contributed by atoms with Crippen LogP contribution >= 0.6 is 0 Å². The predicted octanol–water partition coefficient (Wildman–Crippen LogP) is 1.13. The fourth-order valence-electron chi connectivity index (χ4n) is 2.74. The Hall–Kier alpha value is -2.54. The summed E-state index contributed by atoms with van der Waals surface area (Å²) in [5, 5.41) is 2.85. The zero-order chi connectivity index (χ0) is 19.1. The summed E-state index contributed by atoms with van der Waals surface area (Å²) in [6.07, 6.45) is 4.55. The molecule has 1 N–H and O–H groups in total. The average Bonchev–Trinajstić information content (AvgIpc) is 2.76. The van der Waals surface area contributed by atoms with Crippen molar-refractivity contribution < 1.29 is 19.1 Å². The maximum atomic E-state index is 12.5. The van der Waals surface area contributed by atoms with Gasteiger partial charge in [0, 0.05) is 12.7 Å². The van der Waals surface area contributed by atoms with Crippen LogP contribution in [0.15, 0.2) is 18.3 Å². The number of nitrogens with zero attached hydrogens (tertiary/aromatic N) is 2. The van der Waals surface area contributed by atoms with Gasteiger partial charge < -0.3 is 24.6 Å². The first-order valence-electron chi connectivity index (χ1n) is 8.58. The Bertz CT molecular complexity index is 686. The molecule has 2 amide bonds. The average molecular weight is 361 g/mol. The van der Waals surface area contributed by atoms with Crippen LogP contribution in [-0.2, 0) is 16.0 Å². The number of fused-ring (bicyclic) bond motifs is 1. The molecule has 1 aliphatic rings. The minimum absolute atomic E-state index is 0.0134.